The lowest BCUT2D eigenvalue weighted by Gasteiger charge is -2.17. The number of likely N-dealkylation sites (tertiary alicyclic amines) is 1. The zero-order chi connectivity index (χ0) is 15.4. The van der Waals surface area contributed by atoms with Gasteiger partial charge < -0.3 is 5.32 Å². The van der Waals surface area contributed by atoms with Gasteiger partial charge in [0.05, 0.1) is 0 Å². The Morgan fingerprint density at radius 1 is 1.14 bits per heavy atom. The van der Waals surface area contributed by atoms with Gasteiger partial charge in [-0.1, -0.05) is 48.0 Å². The Labute approximate surface area is 132 Å². The average Bonchev–Trinajstić information content (AvgIpc) is 2.96. The van der Waals surface area contributed by atoms with E-state index >= 15 is 0 Å². The molecular formula is C19H22N2O. The molecule has 22 heavy (non-hydrogen) atoms. The molecule has 0 spiro atoms. The lowest BCUT2D eigenvalue weighted by Crippen LogP contribution is -2.36. The molecule has 0 radical (unpaired) electrons. The second-order valence-corrected chi connectivity index (χ2v) is 6.05. The highest BCUT2D eigenvalue weighted by atomic mass is 16.1. The summed E-state index contributed by atoms with van der Waals surface area (Å²) in [4.78, 5) is 14.6. The van der Waals surface area contributed by atoms with E-state index in [1.54, 1.807) is 0 Å². The summed E-state index contributed by atoms with van der Waals surface area (Å²) >= 11 is 0. The van der Waals surface area contributed by atoms with Gasteiger partial charge in [-0.25, -0.2) is 0 Å². The summed E-state index contributed by atoms with van der Waals surface area (Å²) in [7, 11) is 0. The average molecular weight is 294 g/mol. The third kappa shape index (κ3) is 3.74. The summed E-state index contributed by atoms with van der Waals surface area (Å²) in [5.41, 5.74) is 3.24. The molecule has 1 saturated heterocycles. The van der Waals surface area contributed by atoms with E-state index in [0.29, 0.717) is 0 Å². The molecule has 1 aliphatic heterocycles. The number of amides is 1. The third-order valence-electron chi connectivity index (χ3n) is 4.17. The molecule has 1 N–H and O–H groups in total. The van der Waals surface area contributed by atoms with Crippen LogP contribution in [0.3, 0.4) is 0 Å². The van der Waals surface area contributed by atoms with Crippen molar-refractivity contribution in [3.8, 4) is 0 Å². The Morgan fingerprint density at radius 2 is 1.86 bits per heavy atom. The van der Waals surface area contributed by atoms with E-state index in [9.17, 15) is 4.79 Å². The smallest absolute Gasteiger partial charge is 0.251 e. The summed E-state index contributed by atoms with van der Waals surface area (Å²) in [6.45, 7) is 4.94. The normalized spacial score (nSPS) is 18.3. The van der Waals surface area contributed by atoms with E-state index in [2.05, 4.69) is 34.5 Å². The number of benzene rings is 2. The molecule has 114 valence electrons. The van der Waals surface area contributed by atoms with Crippen LogP contribution in [0.25, 0.3) is 0 Å². The molecule has 0 aliphatic carbocycles. The van der Waals surface area contributed by atoms with Crippen molar-refractivity contribution in [2.24, 2.45) is 0 Å². The molecule has 3 heteroatoms. The Kier molecular flexibility index (Phi) is 4.54. The number of nitrogens with one attached hydrogen (secondary N) is 1. The molecule has 3 nitrogen and oxygen atoms in total. The largest absolute Gasteiger partial charge is 0.348 e. The van der Waals surface area contributed by atoms with Crippen LogP contribution in [0.15, 0.2) is 54.6 Å². The van der Waals surface area contributed by atoms with E-state index in [1.165, 1.54) is 11.1 Å². The lowest BCUT2D eigenvalue weighted by atomic mass is 10.1. The van der Waals surface area contributed by atoms with Crippen molar-refractivity contribution in [1.29, 1.82) is 0 Å². The second kappa shape index (κ2) is 6.75. The molecular weight excluding hydrogens is 272 g/mol. The van der Waals surface area contributed by atoms with Crippen LogP contribution in [0.5, 0.6) is 0 Å². The Morgan fingerprint density at radius 3 is 2.59 bits per heavy atom. The maximum atomic E-state index is 12.2. The van der Waals surface area contributed by atoms with Crippen LogP contribution in [-0.4, -0.2) is 29.9 Å². The van der Waals surface area contributed by atoms with Crippen LogP contribution >= 0.6 is 0 Å². The zero-order valence-electron chi connectivity index (χ0n) is 13.0. The zero-order valence-corrected chi connectivity index (χ0v) is 13.0. The number of carbonyl (C=O) groups is 1. The predicted octanol–water partition coefficient (Wildman–Crippen LogP) is 3.00. The van der Waals surface area contributed by atoms with Crippen molar-refractivity contribution < 1.29 is 4.79 Å². The summed E-state index contributed by atoms with van der Waals surface area (Å²) in [5, 5.41) is 3.15. The summed E-state index contributed by atoms with van der Waals surface area (Å²) in [5.74, 6) is 0.0339. The first-order valence-electron chi connectivity index (χ1n) is 7.84. The fourth-order valence-electron chi connectivity index (χ4n) is 2.91. The molecule has 0 saturated carbocycles. The molecule has 1 aliphatic rings. The van der Waals surface area contributed by atoms with Crippen LogP contribution in [-0.2, 0) is 6.54 Å². The highest BCUT2D eigenvalue weighted by molar-refractivity contribution is 5.94. The van der Waals surface area contributed by atoms with Crippen LogP contribution in [0.1, 0.15) is 27.9 Å². The number of nitrogens with zero attached hydrogens (tertiary/aromatic N) is 1. The van der Waals surface area contributed by atoms with Crippen molar-refractivity contribution in [2.45, 2.75) is 25.9 Å². The first-order valence-corrected chi connectivity index (χ1v) is 7.84. The van der Waals surface area contributed by atoms with Gasteiger partial charge in [0.2, 0.25) is 0 Å². The number of carbonyl (C=O) groups excluding carboxylic acids is 1. The van der Waals surface area contributed by atoms with Crippen LogP contribution < -0.4 is 5.32 Å². The minimum absolute atomic E-state index is 0.0339. The van der Waals surface area contributed by atoms with Gasteiger partial charge in [0.1, 0.15) is 0 Å². The fourth-order valence-corrected chi connectivity index (χ4v) is 2.91. The maximum Gasteiger partial charge on any atom is 0.251 e. The molecule has 0 bridgehead atoms. The van der Waals surface area contributed by atoms with Gasteiger partial charge in [-0.3, -0.25) is 9.69 Å². The van der Waals surface area contributed by atoms with Crippen molar-refractivity contribution in [3.05, 3.63) is 71.3 Å². The van der Waals surface area contributed by atoms with Gasteiger partial charge in [-0.05, 0) is 31.0 Å². The summed E-state index contributed by atoms with van der Waals surface area (Å²) in [6, 6.07) is 18.5. The first kappa shape index (κ1) is 14.8. The number of aryl methyl sites for hydroxylation is 1. The minimum atomic E-state index is 0.0339. The van der Waals surface area contributed by atoms with Crippen molar-refractivity contribution in [2.75, 3.05) is 13.1 Å². The molecule has 2 aromatic rings. The van der Waals surface area contributed by atoms with Crippen molar-refractivity contribution >= 4 is 5.91 Å². The van der Waals surface area contributed by atoms with Gasteiger partial charge in [-0.15, -0.1) is 0 Å². The third-order valence-corrected chi connectivity index (χ3v) is 4.17. The molecule has 1 heterocycles. The number of hydrogen-bond donors (Lipinski definition) is 1. The Balaban J connectivity index is 1.52. The van der Waals surface area contributed by atoms with Crippen molar-refractivity contribution in [3.63, 3.8) is 0 Å². The van der Waals surface area contributed by atoms with Gasteiger partial charge in [0.25, 0.3) is 5.91 Å². The van der Waals surface area contributed by atoms with Crippen LogP contribution in [0.2, 0.25) is 0 Å². The Hall–Kier alpha value is -2.13. The number of rotatable bonds is 4. The highest BCUT2D eigenvalue weighted by Crippen LogP contribution is 2.14. The molecule has 1 fully saturated rings. The van der Waals surface area contributed by atoms with Crippen LogP contribution in [0, 0.1) is 6.92 Å². The van der Waals surface area contributed by atoms with Gasteiger partial charge in [0, 0.05) is 31.2 Å². The van der Waals surface area contributed by atoms with Crippen LogP contribution in [0.4, 0.5) is 0 Å². The first-order chi connectivity index (χ1) is 10.7. The molecule has 1 amide bonds. The quantitative estimate of drug-likeness (QED) is 0.940. The summed E-state index contributed by atoms with van der Waals surface area (Å²) < 4.78 is 0. The standard InChI is InChI=1S/C19H22N2O/c1-15-7-9-17(10-8-15)19(22)20-18-11-12-21(14-18)13-16-5-3-2-4-6-16/h2-10,18H,11-14H2,1H3,(H,20,22). The summed E-state index contributed by atoms with van der Waals surface area (Å²) in [6.07, 6.45) is 1.02. The van der Waals surface area contributed by atoms with Gasteiger partial charge in [0.15, 0.2) is 0 Å². The maximum absolute atomic E-state index is 12.2. The molecule has 0 aromatic heterocycles. The lowest BCUT2D eigenvalue weighted by molar-refractivity contribution is 0.0937. The molecule has 1 unspecified atom stereocenters. The van der Waals surface area contributed by atoms with Gasteiger partial charge >= 0.3 is 0 Å². The van der Waals surface area contributed by atoms with E-state index in [0.717, 1.165) is 31.6 Å². The van der Waals surface area contributed by atoms with E-state index in [4.69, 9.17) is 0 Å². The molecule has 1 atom stereocenters. The van der Waals surface area contributed by atoms with E-state index in [1.807, 2.05) is 37.3 Å². The SMILES string of the molecule is Cc1ccc(C(=O)NC2CCN(Cc3ccccc3)C2)cc1. The second-order valence-electron chi connectivity index (χ2n) is 6.05. The topological polar surface area (TPSA) is 32.3 Å². The molecule has 2 aromatic carbocycles. The predicted molar refractivity (Wildman–Crippen MR) is 88.8 cm³/mol. The highest BCUT2D eigenvalue weighted by Gasteiger charge is 2.24. The number of hydrogen-bond acceptors (Lipinski definition) is 2. The minimum Gasteiger partial charge on any atom is -0.348 e. The fraction of sp³-hybridized carbons (Fsp3) is 0.316. The Bertz CT molecular complexity index is 622. The van der Waals surface area contributed by atoms with E-state index in [-0.39, 0.29) is 11.9 Å². The van der Waals surface area contributed by atoms with Gasteiger partial charge in [-0.2, -0.15) is 0 Å². The van der Waals surface area contributed by atoms with Crippen molar-refractivity contribution in [1.82, 2.24) is 10.2 Å². The molecule has 3 rings (SSSR count). The van der Waals surface area contributed by atoms with E-state index < -0.39 is 0 Å². The monoisotopic (exact) mass is 294 g/mol.